The Labute approximate surface area is 180 Å². The maximum absolute atomic E-state index is 13.6. The molecule has 6 heteroatoms. The summed E-state index contributed by atoms with van der Waals surface area (Å²) in [5.74, 6) is 0.847. The Morgan fingerprint density at radius 3 is 2.50 bits per heavy atom. The molecule has 1 aromatic rings. The quantitative estimate of drug-likeness (QED) is 0.776. The molecule has 0 bridgehead atoms. The van der Waals surface area contributed by atoms with Crippen molar-refractivity contribution in [3.8, 4) is 0 Å². The third-order valence-electron chi connectivity index (χ3n) is 7.42. The molecule has 3 N–H and O–H groups in total. The van der Waals surface area contributed by atoms with Gasteiger partial charge >= 0.3 is 0 Å². The summed E-state index contributed by atoms with van der Waals surface area (Å²) < 4.78 is 0. The average molecular weight is 413 g/mol. The van der Waals surface area contributed by atoms with E-state index in [4.69, 9.17) is 5.73 Å². The number of carbonyl (C=O) groups excluding carboxylic acids is 2. The van der Waals surface area contributed by atoms with Crippen LogP contribution >= 0.6 is 0 Å². The Balaban J connectivity index is 1.39. The zero-order valence-corrected chi connectivity index (χ0v) is 18.1. The summed E-state index contributed by atoms with van der Waals surface area (Å²) in [4.78, 5) is 30.6. The van der Waals surface area contributed by atoms with Gasteiger partial charge in [0.25, 0.3) is 0 Å². The number of likely N-dealkylation sites (N-methyl/N-ethyl adjacent to an activating group) is 1. The van der Waals surface area contributed by atoms with Crippen LogP contribution in [0.2, 0.25) is 0 Å². The zero-order valence-electron chi connectivity index (χ0n) is 18.1. The fourth-order valence-corrected chi connectivity index (χ4v) is 5.58. The van der Waals surface area contributed by atoms with Crippen LogP contribution in [0.5, 0.6) is 0 Å². The van der Waals surface area contributed by atoms with Crippen molar-refractivity contribution in [2.45, 2.75) is 69.0 Å². The van der Waals surface area contributed by atoms with Crippen LogP contribution in [0.25, 0.3) is 0 Å². The Hall–Kier alpha value is -1.92. The smallest absolute Gasteiger partial charge is 0.242 e. The molecule has 2 saturated heterocycles. The zero-order chi connectivity index (χ0) is 21.1. The van der Waals surface area contributed by atoms with E-state index >= 15 is 0 Å². The number of hydrogen-bond acceptors (Lipinski definition) is 4. The largest absolute Gasteiger partial charge is 0.354 e. The first kappa shape index (κ1) is 21.3. The van der Waals surface area contributed by atoms with Gasteiger partial charge in [0.1, 0.15) is 6.04 Å². The number of hydrogen-bond donors (Lipinski definition) is 2. The molecule has 30 heavy (non-hydrogen) atoms. The fraction of sp³-hybridized carbons (Fsp3) is 0.667. The Morgan fingerprint density at radius 1 is 1.03 bits per heavy atom. The number of nitrogens with two attached hydrogens (primary N) is 1. The van der Waals surface area contributed by atoms with Crippen molar-refractivity contribution in [3.05, 3.63) is 35.9 Å². The highest BCUT2D eigenvalue weighted by Gasteiger charge is 2.44. The monoisotopic (exact) mass is 412 g/mol. The van der Waals surface area contributed by atoms with Crippen molar-refractivity contribution in [2.24, 2.45) is 11.7 Å². The van der Waals surface area contributed by atoms with Crippen molar-refractivity contribution in [2.75, 3.05) is 26.7 Å². The number of likely N-dealkylation sites (tertiary alicyclic amines) is 2. The van der Waals surface area contributed by atoms with E-state index in [0.29, 0.717) is 25.0 Å². The van der Waals surface area contributed by atoms with Gasteiger partial charge in [0, 0.05) is 25.0 Å². The third-order valence-corrected chi connectivity index (χ3v) is 7.42. The molecular weight excluding hydrogens is 376 g/mol. The summed E-state index contributed by atoms with van der Waals surface area (Å²) in [7, 11) is 2.03. The number of rotatable bonds is 5. The minimum atomic E-state index is -0.325. The molecule has 2 heterocycles. The number of nitrogens with one attached hydrogen (secondary N) is 1. The summed E-state index contributed by atoms with van der Waals surface area (Å²) in [5, 5.41) is 3.15. The molecule has 3 atom stereocenters. The number of benzene rings is 1. The second-order valence-corrected chi connectivity index (χ2v) is 9.45. The molecule has 0 spiro atoms. The van der Waals surface area contributed by atoms with Crippen LogP contribution in [0.1, 0.15) is 56.4 Å². The first-order valence-corrected chi connectivity index (χ1v) is 11.6. The van der Waals surface area contributed by atoms with E-state index in [2.05, 4.69) is 22.3 Å². The van der Waals surface area contributed by atoms with Crippen LogP contribution in [0, 0.1) is 5.92 Å². The molecule has 1 aliphatic carbocycles. The maximum Gasteiger partial charge on any atom is 0.242 e. The van der Waals surface area contributed by atoms with Gasteiger partial charge in [0.2, 0.25) is 11.8 Å². The van der Waals surface area contributed by atoms with Gasteiger partial charge in [0.15, 0.2) is 0 Å². The van der Waals surface area contributed by atoms with Crippen LogP contribution in [-0.4, -0.2) is 66.4 Å². The summed E-state index contributed by atoms with van der Waals surface area (Å²) in [5.41, 5.74) is 7.21. The van der Waals surface area contributed by atoms with E-state index in [0.717, 1.165) is 51.5 Å². The van der Waals surface area contributed by atoms with Crippen molar-refractivity contribution < 1.29 is 9.59 Å². The van der Waals surface area contributed by atoms with E-state index in [-0.39, 0.29) is 29.8 Å². The molecule has 6 nitrogen and oxygen atoms in total. The third kappa shape index (κ3) is 4.54. The van der Waals surface area contributed by atoms with E-state index in [1.54, 1.807) is 0 Å². The molecule has 0 aromatic heterocycles. The predicted octanol–water partition coefficient (Wildman–Crippen LogP) is 2.10. The molecule has 3 aliphatic rings. The minimum absolute atomic E-state index is 0.0210. The second kappa shape index (κ2) is 9.48. The van der Waals surface area contributed by atoms with Crippen molar-refractivity contribution in [1.82, 2.24) is 15.1 Å². The van der Waals surface area contributed by atoms with Gasteiger partial charge in [0.05, 0.1) is 6.04 Å². The van der Waals surface area contributed by atoms with Gasteiger partial charge in [-0.1, -0.05) is 30.3 Å². The van der Waals surface area contributed by atoms with Crippen molar-refractivity contribution in [1.29, 1.82) is 0 Å². The maximum atomic E-state index is 13.6. The van der Waals surface area contributed by atoms with Gasteiger partial charge in [-0.3, -0.25) is 14.5 Å². The highest BCUT2D eigenvalue weighted by atomic mass is 16.2. The van der Waals surface area contributed by atoms with E-state index < -0.39 is 0 Å². The Morgan fingerprint density at radius 2 is 1.77 bits per heavy atom. The molecule has 0 radical (unpaired) electrons. The highest BCUT2D eigenvalue weighted by Crippen LogP contribution is 2.35. The van der Waals surface area contributed by atoms with Gasteiger partial charge in [-0.15, -0.1) is 0 Å². The predicted molar refractivity (Wildman–Crippen MR) is 118 cm³/mol. The van der Waals surface area contributed by atoms with Gasteiger partial charge in [-0.05, 0) is 70.0 Å². The van der Waals surface area contributed by atoms with E-state index in [1.165, 1.54) is 5.56 Å². The molecule has 164 valence electrons. The lowest BCUT2D eigenvalue weighted by Gasteiger charge is -2.32. The number of carbonyl (C=O) groups is 2. The molecule has 1 aromatic carbocycles. The average Bonchev–Trinajstić information content (AvgIpc) is 3.40. The molecule has 2 aliphatic heterocycles. The van der Waals surface area contributed by atoms with Crippen LogP contribution in [0.4, 0.5) is 0 Å². The highest BCUT2D eigenvalue weighted by molar-refractivity contribution is 5.91. The summed E-state index contributed by atoms with van der Waals surface area (Å²) in [6, 6.07) is 10.1. The molecule has 0 unspecified atom stereocenters. The fourth-order valence-electron chi connectivity index (χ4n) is 5.58. The first-order chi connectivity index (χ1) is 14.5. The van der Waals surface area contributed by atoms with Crippen molar-refractivity contribution >= 4 is 11.8 Å². The lowest BCUT2D eigenvalue weighted by atomic mass is 9.86. The lowest BCUT2D eigenvalue weighted by molar-refractivity contribution is -0.142. The Kier molecular flexibility index (Phi) is 6.74. The summed E-state index contributed by atoms with van der Waals surface area (Å²) >= 11 is 0. The molecule has 1 saturated carbocycles. The summed E-state index contributed by atoms with van der Waals surface area (Å²) in [6.45, 7) is 2.30. The van der Waals surface area contributed by atoms with Crippen LogP contribution in [0.3, 0.4) is 0 Å². The van der Waals surface area contributed by atoms with E-state index in [9.17, 15) is 9.59 Å². The molecular formula is C24H36N4O2. The van der Waals surface area contributed by atoms with Gasteiger partial charge < -0.3 is 16.0 Å². The number of amides is 2. The normalized spacial score (nSPS) is 32.3. The second-order valence-electron chi connectivity index (χ2n) is 9.45. The minimum Gasteiger partial charge on any atom is -0.354 e. The standard InChI is InChI=1S/C24H36N4O2/c1-27-15-13-20(18-6-3-2-4-7-18)22(27)24(30)28-14-5-8-21(28)23(29)26-16-17-9-11-19(25)12-10-17/h2-4,6-7,17,19-22H,5,8-16,25H2,1H3,(H,26,29)/t17?,19?,20-,21-,22+/m0/s1. The molecule has 4 rings (SSSR count). The lowest BCUT2D eigenvalue weighted by Crippen LogP contribution is -2.53. The van der Waals surface area contributed by atoms with Crippen LogP contribution in [0.15, 0.2) is 30.3 Å². The van der Waals surface area contributed by atoms with Crippen molar-refractivity contribution in [3.63, 3.8) is 0 Å². The van der Waals surface area contributed by atoms with E-state index in [1.807, 2.05) is 30.1 Å². The van der Waals surface area contributed by atoms with Crippen LogP contribution in [-0.2, 0) is 9.59 Å². The SMILES string of the molecule is CN1CC[C@@H](c2ccccc2)[C@@H]1C(=O)N1CCC[C@H]1C(=O)NCC1CCC(N)CC1. The molecule has 2 amide bonds. The van der Waals surface area contributed by atoms with Crippen LogP contribution < -0.4 is 11.1 Å². The summed E-state index contributed by atoms with van der Waals surface area (Å²) in [6.07, 6.45) is 6.90. The number of nitrogens with zero attached hydrogens (tertiary/aromatic N) is 2. The Bertz CT molecular complexity index is 732. The van der Waals surface area contributed by atoms with Gasteiger partial charge in [-0.25, -0.2) is 0 Å². The topological polar surface area (TPSA) is 78.7 Å². The first-order valence-electron chi connectivity index (χ1n) is 11.6. The molecule has 3 fully saturated rings. The van der Waals surface area contributed by atoms with Gasteiger partial charge in [-0.2, -0.15) is 0 Å².